The van der Waals surface area contributed by atoms with E-state index in [0.29, 0.717) is 18.8 Å². The van der Waals surface area contributed by atoms with Crippen LogP contribution in [-0.2, 0) is 0 Å². The van der Waals surface area contributed by atoms with E-state index in [0.717, 1.165) is 9.35 Å². The van der Waals surface area contributed by atoms with E-state index in [9.17, 15) is 4.39 Å². The molecule has 0 aliphatic rings. The Kier molecular flexibility index (Phi) is 5.18. The Morgan fingerprint density at radius 1 is 1.40 bits per heavy atom. The van der Waals surface area contributed by atoms with Gasteiger partial charge in [0.2, 0.25) is 0 Å². The van der Waals surface area contributed by atoms with E-state index in [1.165, 1.54) is 10.9 Å². The summed E-state index contributed by atoms with van der Waals surface area (Å²) in [5, 5.41) is 0. The lowest BCUT2D eigenvalue weighted by molar-refractivity contribution is 0.592. The molecule has 2 N–H and O–H groups in total. The van der Waals surface area contributed by atoms with Crippen molar-refractivity contribution in [1.29, 1.82) is 0 Å². The Morgan fingerprint density at radius 2 is 2.10 bits per heavy atom. The van der Waals surface area contributed by atoms with Crippen LogP contribution >= 0.6 is 27.3 Å². The number of hydrogen-bond acceptors (Lipinski definition) is 3. The van der Waals surface area contributed by atoms with Gasteiger partial charge in [0.1, 0.15) is 5.82 Å². The van der Waals surface area contributed by atoms with Crippen LogP contribution in [0.1, 0.15) is 22.7 Å². The maximum Gasteiger partial charge on any atom is 0.146 e. The fourth-order valence-corrected chi connectivity index (χ4v) is 3.97. The molecule has 1 atom stereocenters. The Bertz CT molecular complexity index is 566. The average molecular weight is 357 g/mol. The second-order valence-electron chi connectivity index (χ2n) is 4.54. The highest BCUT2D eigenvalue weighted by Gasteiger charge is 2.22. The molecule has 20 heavy (non-hydrogen) atoms. The molecule has 0 aliphatic carbocycles. The third-order valence-corrected chi connectivity index (χ3v) is 5.54. The van der Waals surface area contributed by atoms with Gasteiger partial charge in [0.25, 0.3) is 0 Å². The standard InChI is InChI=1S/C15H18BrFN2S/c1-3-19(13-7-5-4-6-12(13)17)14(9-18)15-8-11(16)10(2)20-15/h4-8,14H,3,9,18H2,1-2H3. The van der Waals surface area contributed by atoms with E-state index in [1.807, 2.05) is 17.9 Å². The number of halogens is 2. The Labute approximate surface area is 131 Å². The van der Waals surface area contributed by atoms with Crippen LogP contribution in [0.2, 0.25) is 0 Å². The molecule has 1 heterocycles. The number of thiophene rings is 1. The maximum atomic E-state index is 14.0. The molecule has 0 fully saturated rings. The quantitative estimate of drug-likeness (QED) is 0.855. The van der Waals surface area contributed by atoms with Gasteiger partial charge in [-0.15, -0.1) is 11.3 Å². The minimum absolute atomic E-state index is 0.00750. The lowest BCUT2D eigenvalue weighted by Crippen LogP contribution is -2.33. The van der Waals surface area contributed by atoms with E-state index in [-0.39, 0.29) is 11.9 Å². The third kappa shape index (κ3) is 3.05. The summed E-state index contributed by atoms with van der Waals surface area (Å²) in [6, 6.07) is 8.92. The van der Waals surface area contributed by atoms with E-state index in [1.54, 1.807) is 23.5 Å². The number of hydrogen-bond donors (Lipinski definition) is 1. The fourth-order valence-electron chi connectivity index (χ4n) is 2.29. The van der Waals surface area contributed by atoms with Crippen LogP contribution in [0.15, 0.2) is 34.8 Å². The number of para-hydroxylation sites is 1. The molecule has 0 saturated heterocycles. The van der Waals surface area contributed by atoms with E-state index >= 15 is 0 Å². The lowest BCUT2D eigenvalue weighted by atomic mass is 10.1. The van der Waals surface area contributed by atoms with Crippen molar-refractivity contribution < 1.29 is 4.39 Å². The molecule has 1 unspecified atom stereocenters. The molecule has 0 saturated carbocycles. The van der Waals surface area contributed by atoms with Crippen molar-refractivity contribution in [3.05, 3.63) is 50.4 Å². The molecule has 2 rings (SSSR count). The van der Waals surface area contributed by atoms with Gasteiger partial charge in [0.05, 0.1) is 11.7 Å². The molecule has 5 heteroatoms. The molecule has 0 radical (unpaired) electrons. The minimum Gasteiger partial charge on any atom is -0.360 e. The summed E-state index contributed by atoms with van der Waals surface area (Å²) in [6.07, 6.45) is 0. The van der Waals surface area contributed by atoms with Crippen LogP contribution in [-0.4, -0.2) is 13.1 Å². The largest absolute Gasteiger partial charge is 0.360 e. The summed E-state index contributed by atoms with van der Waals surface area (Å²) < 4.78 is 15.1. The van der Waals surface area contributed by atoms with Gasteiger partial charge in [0, 0.05) is 27.3 Å². The van der Waals surface area contributed by atoms with Gasteiger partial charge in [-0.1, -0.05) is 12.1 Å². The van der Waals surface area contributed by atoms with Crippen LogP contribution < -0.4 is 10.6 Å². The van der Waals surface area contributed by atoms with Crippen molar-refractivity contribution in [3.8, 4) is 0 Å². The molecular formula is C15H18BrFN2S. The fraction of sp³-hybridized carbons (Fsp3) is 0.333. The number of likely N-dealkylation sites (N-methyl/N-ethyl adjacent to an activating group) is 1. The van der Waals surface area contributed by atoms with Gasteiger partial charge in [-0.3, -0.25) is 0 Å². The molecule has 108 valence electrons. The number of aryl methyl sites for hydroxylation is 1. The highest BCUT2D eigenvalue weighted by Crippen LogP contribution is 2.35. The molecule has 0 bridgehead atoms. The predicted octanol–water partition coefficient (Wildman–Crippen LogP) is 4.48. The zero-order valence-electron chi connectivity index (χ0n) is 11.6. The van der Waals surface area contributed by atoms with Crippen LogP contribution in [0.4, 0.5) is 10.1 Å². The summed E-state index contributed by atoms with van der Waals surface area (Å²) in [5.74, 6) is -0.208. The highest BCUT2D eigenvalue weighted by molar-refractivity contribution is 9.10. The normalized spacial score (nSPS) is 12.4. The van der Waals surface area contributed by atoms with Gasteiger partial charge < -0.3 is 10.6 Å². The SMILES string of the molecule is CCN(c1ccccc1F)C(CN)c1cc(Br)c(C)s1. The summed E-state index contributed by atoms with van der Waals surface area (Å²) in [4.78, 5) is 4.39. The number of benzene rings is 1. The van der Waals surface area contributed by atoms with Gasteiger partial charge >= 0.3 is 0 Å². The Balaban J connectivity index is 2.40. The van der Waals surface area contributed by atoms with Crippen LogP contribution in [0, 0.1) is 12.7 Å². The monoisotopic (exact) mass is 356 g/mol. The first-order valence-electron chi connectivity index (χ1n) is 6.55. The number of nitrogens with two attached hydrogens (primary N) is 1. The predicted molar refractivity (Wildman–Crippen MR) is 88.0 cm³/mol. The summed E-state index contributed by atoms with van der Waals surface area (Å²) in [7, 11) is 0. The average Bonchev–Trinajstić information content (AvgIpc) is 2.76. The Hall–Kier alpha value is -0.910. The van der Waals surface area contributed by atoms with Crippen molar-refractivity contribution in [2.75, 3.05) is 18.0 Å². The molecule has 0 aliphatic heterocycles. The zero-order chi connectivity index (χ0) is 14.7. The van der Waals surface area contributed by atoms with Gasteiger partial charge in [0.15, 0.2) is 0 Å². The minimum atomic E-state index is -0.208. The van der Waals surface area contributed by atoms with Crippen molar-refractivity contribution in [2.45, 2.75) is 19.9 Å². The molecule has 0 amide bonds. The van der Waals surface area contributed by atoms with Crippen LogP contribution in [0.3, 0.4) is 0 Å². The number of nitrogens with zero attached hydrogens (tertiary/aromatic N) is 1. The van der Waals surface area contributed by atoms with Crippen molar-refractivity contribution >= 4 is 33.0 Å². The van der Waals surface area contributed by atoms with Crippen molar-refractivity contribution in [2.24, 2.45) is 5.73 Å². The van der Waals surface area contributed by atoms with E-state index in [2.05, 4.69) is 28.9 Å². The summed E-state index contributed by atoms with van der Waals surface area (Å²) in [6.45, 7) is 5.24. The zero-order valence-corrected chi connectivity index (χ0v) is 14.0. The summed E-state index contributed by atoms with van der Waals surface area (Å²) in [5.41, 5.74) is 6.56. The van der Waals surface area contributed by atoms with Gasteiger partial charge in [-0.05, 0) is 48.0 Å². The van der Waals surface area contributed by atoms with Gasteiger partial charge in [-0.2, -0.15) is 0 Å². The molecule has 1 aromatic carbocycles. The lowest BCUT2D eigenvalue weighted by Gasteiger charge is -2.31. The van der Waals surface area contributed by atoms with Crippen LogP contribution in [0.25, 0.3) is 0 Å². The Morgan fingerprint density at radius 3 is 2.60 bits per heavy atom. The molecule has 2 nitrogen and oxygen atoms in total. The van der Waals surface area contributed by atoms with Crippen molar-refractivity contribution in [1.82, 2.24) is 0 Å². The smallest absolute Gasteiger partial charge is 0.146 e. The molecule has 0 spiro atoms. The second kappa shape index (κ2) is 6.70. The first-order valence-corrected chi connectivity index (χ1v) is 8.16. The molecule has 1 aromatic heterocycles. The molecule has 2 aromatic rings. The number of anilines is 1. The number of rotatable bonds is 5. The first-order chi connectivity index (χ1) is 9.58. The summed E-state index contributed by atoms with van der Waals surface area (Å²) >= 11 is 5.23. The maximum absolute atomic E-state index is 14.0. The van der Waals surface area contributed by atoms with E-state index < -0.39 is 0 Å². The van der Waals surface area contributed by atoms with Gasteiger partial charge in [-0.25, -0.2) is 4.39 Å². The van der Waals surface area contributed by atoms with Crippen molar-refractivity contribution in [3.63, 3.8) is 0 Å². The third-order valence-electron chi connectivity index (χ3n) is 3.31. The topological polar surface area (TPSA) is 29.3 Å². The highest BCUT2D eigenvalue weighted by atomic mass is 79.9. The molecular weight excluding hydrogens is 339 g/mol. The van der Waals surface area contributed by atoms with E-state index in [4.69, 9.17) is 5.73 Å². The first kappa shape index (κ1) is 15.5. The second-order valence-corrected chi connectivity index (χ2v) is 6.68. The van der Waals surface area contributed by atoms with Crippen LogP contribution in [0.5, 0.6) is 0 Å².